The Morgan fingerprint density at radius 3 is 2.39 bits per heavy atom. The van der Waals surface area contributed by atoms with Crippen LogP contribution in [0.2, 0.25) is 0 Å². The summed E-state index contributed by atoms with van der Waals surface area (Å²) in [6, 6.07) is 15.7. The van der Waals surface area contributed by atoms with Gasteiger partial charge >= 0.3 is 0 Å². The van der Waals surface area contributed by atoms with Crippen LogP contribution in [0.4, 0.5) is 0 Å². The third kappa shape index (κ3) is 6.42. The molecular weight excluding hydrogens is 438 g/mol. The zero-order valence-corrected chi connectivity index (χ0v) is 20.2. The number of amides is 2. The summed E-state index contributed by atoms with van der Waals surface area (Å²) in [5, 5.41) is 2.95. The van der Waals surface area contributed by atoms with E-state index in [1.807, 2.05) is 44.2 Å². The van der Waals surface area contributed by atoms with Crippen LogP contribution >= 0.6 is 0 Å². The van der Waals surface area contributed by atoms with Gasteiger partial charge in [-0.2, -0.15) is 4.31 Å². The van der Waals surface area contributed by atoms with Crippen molar-refractivity contribution in [2.75, 3.05) is 19.6 Å². The molecule has 33 heavy (non-hydrogen) atoms. The van der Waals surface area contributed by atoms with Gasteiger partial charge in [-0.25, -0.2) is 8.42 Å². The van der Waals surface area contributed by atoms with Crippen LogP contribution in [-0.4, -0.2) is 55.1 Å². The second-order valence-corrected chi connectivity index (χ2v) is 10.4. The largest absolute Gasteiger partial charge is 0.350 e. The van der Waals surface area contributed by atoms with E-state index in [1.165, 1.54) is 4.31 Å². The van der Waals surface area contributed by atoms with Crippen molar-refractivity contribution in [1.29, 1.82) is 0 Å². The van der Waals surface area contributed by atoms with Gasteiger partial charge in [0.05, 0.1) is 4.90 Å². The molecule has 2 amide bonds. The van der Waals surface area contributed by atoms with Gasteiger partial charge in [0.2, 0.25) is 21.8 Å². The molecule has 0 aliphatic carbocycles. The highest BCUT2D eigenvalue weighted by Gasteiger charge is 2.34. The lowest BCUT2D eigenvalue weighted by Gasteiger charge is -2.30. The lowest BCUT2D eigenvalue weighted by atomic mass is 10.1. The molecule has 1 N–H and O–H groups in total. The van der Waals surface area contributed by atoms with E-state index in [1.54, 1.807) is 29.2 Å². The van der Waals surface area contributed by atoms with Gasteiger partial charge in [0, 0.05) is 32.6 Å². The monoisotopic (exact) mass is 471 g/mol. The standard InChI is InChI=1S/C25H33N3O4S/c1-3-4-10-23(25(30)26-19-21-8-6-5-7-9-21)28-18-17-27(16-15-24(28)29)33(31,32)22-13-11-20(2)12-14-22/h5-9,11-14,23H,3-4,10,15-19H2,1-2H3,(H,26,30). The maximum Gasteiger partial charge on any atom is 0.243 e. The molecule has 178 valence electrons. The Labute approximate surface area is 196 Å². The second-order valence-electron chi connectivity index (χ2n) is 8.42. The third-order valence-corrected chi connectivity index (χ3v) is 7.88. The van der Waals surface area contributed by atoms with Crippen molar-refractivity contribution in [1.82, 2.24) is 14.5 Å². The first-order valence-corrected chi connectivity index (χ1v) is 12.9. The van der Waals surface area contributed by atoms with Crippen LogP contribution in [0.1, 0.15) is 43.7 Å². The van der Waals surface area contributed by atoms with Crippen LogP contribution in [0.5, 0.6) is 0 Å². The number of nitrogens with zero attached hydrogens (tertiary/aromatic N) is 2. The molecule has 8 heteroatoms. The lowest BCUT2D eigenvalue weighted by Crippen LogP contribution is -2.50. The predicted octanol–water partition coefficient (Wildman–Crippen LogP) is 3.09. The van der Waals surface area contributed by atoms with Gasteiger partial charge < -0.3 is 10.2 Å². The smallest absolute Gasteiger partial charge is 0.243 e. The zero-order valence-electron chi connectivity index (χ0n) is 19.4. The van der Waals surface area contributed by atoms with Crippen molar-refractivity contribution in [2.45, 2.75) is 57.0 Å². The quantitative estimate of drug-likeness (QED) is 0.609. The van der Waals surface area contributed by atoms with Crippen molar-refractivity contribution in [3.63, 3.8) is 0 Å². The fraction of sp³-hybridized carbons (Fsp3) is 0.440. The Morgan fingerprint density at radius 2 is 1.73 bits per heavy atom. The molecule has 0 radical (unpaired) electrons. The van der Waals surface area contributed by atoms with Gasteiger partial charge in [-0.15, -0.1) is 0 Å². The summed E-state index contributed by atoms with van der Waals surface area (Å²) in [4.78, 5) is 27.8. The molecule has 1 aliphatic heterocycles. The van der Waals surface area contributed by atoms with Gasteiger partial charge in [0.1, 0.15) is 6.04 Å². The van der Waals surface area contributed by atoms with Gasteiger partial charge in [0.15, 0.2) is 0 Å². The summed E-state index contributed by atoms with van der Waals surface area (Å²) in [6.07, 6.45) is 2.31. The van der Waals surface area contributed by atoms with Gasteiger partial charge in [-0.1, -0.05) is 67.8 Å². The molecule has 1 unspecified atom stereocenters. The molecule has 0 aromatic heterocycles. The first-order valence-electron chi connectivity index (χ1n) is 11.5. The molecule has 1 aliphatic rings. The van der Waals surface area contributed by atoms with E-state index >= 15 is 0 Å². The number of benzene rings is 2. The Hall–Kier alpha value is -2.71. The molecule has 2 aromatic carbocycles. The minimum Gasteiger partial charge on any atom is -0.350 e. The maximum absolute atomic E-state index is 13.1. The van der Waals surface area contributed by atoms with Crippen LogP contribution in [0.25, 0.3) is 0 Å². The molecule has 7 nitrogen and oxygen atoms in total. The Balaban J connectivity index is 1.72. The van der Waals surface area contributed by atoms with Crippen molar-refractivity contribution in [3.8, 4) is 0 Å². The molecule has 1 saturated heterocycles. The zero-order chi connectivity index (χ0) is 23.8. The molecular formula is C25H33N3O4S. The average molecular weight is 472 g/mol. The Kier molecular flexibility index (Phi) is 8.63. The van der Waals surface area contributed by atoms with E-state index in [2.05, 4.69) is 5.32 Å². The van der Waals surface area contributed by atoms with Crippen molar-refractivity contribution in [3.05, 3.63) is 65.7 Å². The van der Waals surface area contributed by atoms with E-state index in [9.17, 15) is 18.0 Å². The number of hydrogen-bond acceptors (Lipinski definition) is 4. The summed E-state index contributed by atoms with van der Waals surface area (Å²) < 4.78 is 27.6. The first kappa shape index (κ1) is 24.9. The van der Waals surface area contributed by atoms with E-state index in [4.69, 9.17) is 0 Å². The van der Waals surface area contributed by atoms with Crippen LogP contribution in [0, 0.1) is 6.92 Å². The number of rotatable bonds is 9. The topological polar surface area (TPSA) is 86.8 Å². The summed E-state index contributed by atoms with van der Waals surface area (Å²) in [7, 11) is -3.70. The van der Waals surface area contributed by atoms with Gasteiger partial charge in [-0.05, 0) is 31.0 Å². The number of hydrogen-bond donors (Lipinski definition) is 1. The van der Waals surface area contributed by atoms with Crippen molar-refractivity contribution >= 4 is 21.8 Å². The molecule has 0 bridgehead atoms. The Morgan fingerprint density at radius 1 is 1.03 bits per heavy atom. The summed E-state index contributed by atoms with van der Waals surface area (Å²) in [5.41, 5.74) is 1.96. The molecule has 0 spiro atoms. The normalized spacial score (nSPS) is 16.3. The molecule has 2 aromatic rings. The molecule has 3 rings (SSSR count). The summed E-state index contributed by atoms with van der Waals surface area (Å²) >= 11 is 0. The van der Waals surface area contributed by atoms with E-state index in [0.29, 0.717) is 13.0 Å². The number of carbonyl (C=O) groups excluding carboxylic acids is 2. The molecule has 0 saturated carbocycles. The van der Waals surface area contributed by atoms with Gasteiger partial charge in [-0.3, -0.25) is 9.59 Å². The highest BCUT2D eigenvalue weighted by molar-refractivity contribution is 7.89. The highest BCUT2D eigenvalue weighted by Crippen LogP contribution is 2.21. The van der Waals surface area contributed by atoms with Gasteiger partial charge in [0.25, 0.3) is 0 Å². The fourth-order valence-corrected chi connectivity index (χ4v) is 5.41. The first-order chi connectivity index (χ1) is 15.8. The van der Waals surface area contributed by atoms with Crippen LogP contribution in [-0.2, 0) is 26.2 Å². The highest BCUT2D eigenvalue weighted by atomic mass is 32.2. The minimum atomic E-state index is -3.70. The molecule has 1 atom stereocenters. The van der Waals surface area contributed by atoms with Crippen LogP contribution in [0.15, 0.2) is 59.5 Å². The summed E-state index contributed by atoms with van der Waals surface area (Å²) in [6.45, 7) is 4.79. The van der Waals surface area contributed by atoms with Crippen LogP contribution in [0.3, 0.4) is 0 Å². The second kappa shape index (κ2) is 11.4. The van der Waals surface area contributed by atoms with E-state index in [-0.39, 0.29) is 42.8 Å². The van der Waals surface area contributed by atoms with Crippen molar-refractivity contribution in [2.24, 2.45) is 0 Å². The summed E-state index contributed by atoms with van der Waals surface area (Å²) in [5.74, 6) is -0.386. The number of aryl methyl sites for hydroxylation is 1. The third-order valence-electron chi connectivity index (χ3n) is 5.96. The fourth-order valence-electron chi connectivity index (χ4n) is 3.98. The minimum absolute atomic E-state index is 0.0552. The molecule has 1 heterocycles. The average Bonchev–Trinajstić information content (AvgIpc) is 3.01. The van der Waals surface area contributed by atoms with E-state index < -0.39 is 16.1 Å². The maximum atomic E-state index is 13.1. The predicted molar refractivity (Wildman–Crippen MR) is 128 cm³/mol. The number of nitrogens with one attached hydrogen (secondary N) is 1. The number of sulfonamides is 1. The van der Waals surface area contributed by atoms with E-state index in [0.717, 1.165) is 24.0 Å². The molecule has 1 fully saturated rings. The lowest BCUT2D eigenvalue weighted by molar-refractivity contribution is -0.140. The van der Waals surface area contributed by atoms with Crippen molar-refractivity contribution < 1.29 is 18.0 Å². The SMILES string of the molecule is CCCCC(C(=O)NCc1ccccc1)N1CCN(S(=O)(=O)c2ccc(C)cc2)CCC1=O. The van der Waals surface area contributed by atoms with Crippen LogP contribution < -0.4 is 5.32 Å². The number of carbonyl (C=O) groups is 2. The Bertz CT molecular complexity index is 1040. The number of unbranched alkanes of at least 4 members (excludes halogenated alkanes) is 1.